The lowest BCUT2D eigenvalue weighted by Crippen LogP contribution is -2.19. The van der Waals surface area contributed by atoms with Crippen molar-refractivity contribution in [2.24, 2.45) is 16.2 Å². The molecule has 2 aromatic carbocycles. The summed E-state index contributed by atoms with van der Waals surface area (Å²) in [6.45, 7) is 2.08. The van der Waals surface area contributed by atoms with Crippen LogP contribution in [-0.2, 0) is 9.53 Å². The number of esters is 1. The average Bonchev–Trinajstić information content (AvgIpc) is 2.87. The van der Waals surface area contributed by atoms with Gasteiger partial charge in [-0.25, -0.2) is 4.79 Å². The van der Waals surface area contributed by atoms with Crippen LogP contribution >= 0.6 is 0 Å². The average molecular weight is 366 g/mol. The van der Waals surface area contributed by atoms with Gasteiger partial charge >= 0.3 is 5.97 Å². The van der Waals surface area contributed by atoms with Crippen LogP contribution in [0.1, 0.15) is 18.9 Å². The number of ether oxygens (including phenoxy) is 2. The van der Waals surface area contributed by atoms with Gasteiger partial charge in [-0.05, 0) is 42.3 Å². The Morgan fingerprint density at radius 3 is 2.85 bits per heavy atom. The quantitative estimate of drug-likeness (QED) is 0.363. The number of carbonyl (C=O) groups excluding carboxylic acids is 1. The van der Waals surface area contributed by atoms with Gasteiger partial charge in [-0.1, -0.05) is 29.5 Å². The van der Waals surface area contributed by atoms with Gasteiger partial charge in [0.25, 0.3) is 0 Å². The summed E-state index contributed by atoms with van der Waals surface area (Å²) in [6, 6.07) is 13.7. The number of anilines is 1. The van der Waals surface area contributed by atoms with Crippen LogP contribution in [-0.4, -0.2) is 25.9 Å². The molecule has 27 heavy (non-hydrogen) atoms. The third kappa shape index (κ3) is 4.08. The molecule has 0 aliphatic carbocycles. The summed E-state index contributed by atoms with van der Waals surface area (Å²) in [5.41, 5.74) is 4.15. The number of benzene rings is 2. The third-order valence-corrected chi connectivity index (χ3v) is 4.28. The minimum atomic E-state index is -0.441. The number of nitrogens with zero attached hydrogens (tertiary/aromatic N) is 2. The number of rotatable bonds is 5. The standard InChI is InChI=1S/C20H22N4O3/c1-3-27-20(25)15-11-14-10-13(16-6-4-5-7-18(16)26-2)8-9-17(14)22-19(12-15)23-24-21/h4-11,19,22H,3,12H2,1-2H3,(H2,21,23). The summed E-state index contributed by atoms with van der Waals surface area (Å²) in [5.74, 6) is 5.62. The van der Waals surface area contributed by atoms with Crippen molar-refractivity contribution >= 4 is 17.7 Å². The maximum atomic E-state index is 12.3. The number of hydrogen-bond donors (Lipinski definition) is 2. The van der Waals surface area contributed by atoms with Gasteiger partial charge in [0.15, 0.2) is 0 Å². The van der Waals surface area contributed by atoms with Crippen LogP contribution in [0.4, 0.5) is 5.69 Å². The van der Waals surface area contributed by atoms with Gasteiger partial charge in [-0.15, -0.1) is 5.11 Å². The predicted octanol–water partition coefficient (Wildman–Crippen LogP) is 3.78. The van der Waals surface area contributed by atoms with E-state index in [0.717, 1.165) is 28.1 Å². The molecule has 0 radical (unpaired) electrons. The van der Waals surface area contributed by atoms with E-state index in [1.807, 2.05) is 48.5 Å². The van der Waals surface area contributed by atoms with E-state index in [4.69, 9.17) is 15.3 Å². The van der Waals surface area contributed by atoms with Gasteiger partial charge in [0.2, 0.25) is 0 Å². The van der Waals surface area contributed by atoms with Crippen LogP contribution in [0.5, 0.6) is 5.75 Å². The van der Waals surface area contributed by atoms with Crippen molar-refractivity contribution in [2.45, 2.75) is 19.5 Å². The van der Waals surface area contributed by atoms with Crippen LogP contribution in [0.2, 0.25) is 0 Å². The van der Waals surface area contributed by atoms with Crippen molar-refractivity contribution in [3.05, 3.63) is 53.6 Å². The highest BCUT2D eigenvalue weighted by molar-refractivity contribution is 5.96. The summed E-state index contributed by atoms with van der Waals surface area (Å²) in [5, 5.41) is 10.6. The molecule has 0 saturated carbocycles. The summed E-state index contributed by atoms with van der Waals surface area (Å²) in [6.07, 6.45) is 1.72. The van der Waals surface area contributed by atoms with E-state index in [1.165, 1.54) is 0 Å². The van der Waals surface area contributed by atoms with Crippen molar-refractivity contribution in [3.63, 3.8) is 0 Å². The molecule has 0 amide bonds. The smallest absolute Gasteiger partial charge is 0.334 e. The molecule has 0 bridgehead atoms. The molecule has 0 fully saturated rings. The third-order valence-electron chi connectivity index (χ3n) is 4.28. The first-order valence-electron chi connectivity index (χ1n) is 8.68. The molecule has 7 heteroatoms. The second kappa shape index (κ2) is 8.35. The molecule has 7 nitrogen and oxygen atoms in total. The molecule has 1 heterocycles. The molecule has 0 aromatic heterocycles. The maximum absolute atomic E-state index is 12.3. The molecule has 2 aromatic rings. The zero-order valence-electron chi connectivity index (χ0n) is 15.3. The number of fused-ring (bicyclic) bond motifs is 1. The molecule has 1 aliphatic heterocycles. The van der Waals surface area contributed by atoms with E-state index >= 15 is 0 Å². The number of carbonyl (C=O) groups is 1. The predicted molar refractivity (Wildman–Crippen MR) is 104 cm³/mol. The second-order valence-corrected chi connectivity index (χ2v) is 5.99. The van der Waals surface area contributed by atoms with E-state index in [2.05, 4.69) is 15.7 Å². The first-order chi connectivity index (χ1) is 13.2. The summed E-state index contributed by atoms with van der Waals surface area (Å²) in [7, 11) is 1.64. The van der Waals surface area contributed by atoms with Gasteiger partial charge in [-0.2, -0.15) is 0 Å². The van der Waals surface area contributed by atoms with Crippen LogP contribution in [0.25, 0.3) is 17.2 Å². The minimum Gasteiger partial charge on any atom is -0.496 e. The Bertz CT molecular complexity index is 893. The van der Waals surface area contributed by atoms with Crippen LogP contribution < -0.4 is 15.9 Å². The lowest BCUT2D eigenvalue weighted by molar-refractivity contribution is -0.138. The fourth-order valence-electron chi connectivity index (χ4n) is 3.07. The van der Waals surface area contributed by atoms with Crippen molar-refractivity contribution in [3.8, 4) is 16.9 Å². The van der Waals surface area contributed by atoms with Crippen LogP contribution in [0.3, 0.4) is 0 Å². The van der Waals surface area contributed by atoms with Gasteiger partial charge in [0.05, 0.1) is 13.7 Å². The number of para-hydroxylation sites is 1. The molecular formula is C20H22N4O3. The lowest BCUT2D eigenvalue weighted by atomic mass is 10.00. The zero-order valence-corrected chi connectivity index (χ0v) is 15.3. The van der Waals surface area contributed by atoms with E-state index < -0.39 is 6.17 Å². The van der Waals surface area contributed by atoms with E-state index in [1.54, 1.807) is 14.0 Å². The van der Waals surface area contributed by atoms with E-state index in [0.29, 0.717) is 18.6 Å². The summed E-state index contributed by atoms with van der Waals surface area (Å²) in [4.78, 5) is 12.3. The fraction of sp³-hybridized carbons (Fsp3) is 0.250. The van der Waals surface area contributed by atoms with Crippen molar-refractivity contribution in [2.75, 3.05) is 19.0 Å². The molecule has 140 valence electrons. The molecule has 0 saturated heterocycles. The number of nitrogens with one attached hydrogen (secondary N) is 1. The first kappa shape index (κ1) is 18.4. The summed E-state index contributed by atoms with van der Waals surface area (Å²) < 4.78 is 10.6. The Balaban J connectivity index is 2.07. The van der Waals surface area contributed by atoms with Crippen molar-refractivity contribution < 1.29 is 14.3 Å². The van der Waals surface area contributed by atoms with E-state index in [-0.39, 0.29) is 5.97 Å². The van der Waals surface area contributed by atoms with Crippen LogP contribution in [0.15, 0.2) is 58.4 Å². The zero-order chi connectivity index (χ0) is 19.2. The minimum absolute atomic E-state index is 0.306. The highest BCUT2D eigenvalue weighted by atomic mass is 16.5. The van der Waals surface area contributed by atoms with Crippen molar-refractivity contribution in [1.82, 2.24) is 0 Å². The SMILES string of the molecule is CCOC(=O)C1=Cc2cc(-c3ccccc3OC)ccc2NC(N=NN)C1. The molecule has 3 rings (SSSR count). The Morgan fingerprint density at radius 1 is 1.30 bits per heavy atom. The monoisotopic (exact) mass is 366 g/mol. The van der Waals surface area contributed by atoms with Gasteiger partial charge < -0.3 is 20.6 Å². The highest BCUT2D eigenvalue weighted by Crippen LogP contribution is 2.35. The second-order valence-electron chi connectivity index (χ2n) is 5.99. The Hall–Kier alpha value is -3.35. The Kier molecular flexibility index (Phi) is 5.71. The Labute approximate surface area is 157 Å². The maximum Gasteiger partial charge on any atom is 0.334 e. The molecule has 0 spiro atoms. The number of nitrogens with two attached hydrogens (primary N) is 1. The topological polar surface area (TPSA) is 98.3 Å². The highest BCUT2D eigenvalue weighted by Gasteiger charge is 2.22. The first-order valence-corrected chi connectivity index (χ1v) is 8.68. The molecule has 1 unspecified atom stereocenters. The molecule has 3 N–H and O–H groups in total. The van der Waals surface area contributed by atoms with Gasteiger partial charge in [-0.3, -0.25) is 0 Å². The van der Waals surface area contributed by atoms with E-state index in [9.17, 15) is 4.79 Å². The Morgan fingerprint density at radius 2 is 2.11 bits per heavy atom. The number of methoxy groups -OCH3 is 1. The fourth-order valence-corrected chi connectivity index (χ4v) is 3.07. The molecular weight excluding hydrogens is 344 g/mol. The van der Waals surface area contributed by atoms with Crippen molar-refractivity contribution in [1.29, 1.82) is 0 Å². The lowest BCUT2D eigenvalue weighted by Gasteiger charge is -2.15. The summed E-state index contributed by atoms with van der Waals surface area (Å²) >= 11 is 0. The van der Waals surface area contributed by atoms with Gasteiger partial charge in [0.1, 0.15) is 11.9 Å². The normalized spacial score (nSPS) is 16.1. The van der Waals surface area contributed by atoms with Gasteiger partial charge in [0, 0.05) is 23.2 Å². The molecule has 1 aliphatic rings. The molecule has 1 atom stereocenters. The number of hydrogen-bond acceptors (Lipinski definition) is 6. The largest absolute Gasteiger partial charge is 0.496 e. The van der Waals surface area contributed by atoms with Crippen LogP contribution in [0, 0.1) is 0 Å².